The lowest BCUT2D eigenvalue weighted by molar-refractivity contribution is -0.0334. The first-order valence-electron chi connectivity index (χ1n) is 11.3. The highest BCUT2D eigenvalue weighted by molar-refractivity contribution is 14.0. The van der Waals surface area contributed by atoms with Crippen LogP contribution in [0.25, 0.3) is 0 Å². The number of nitrogens with one attached hydrogen (secondary N) is 2. The van der Waals surface area contributed by atoms with Crippen molar-refractivity contribution in [3.05, 3.63) is 22.4 Å². The Morgan fingerprint density at radius 2 is 2.13 bits per heavy atom. The summed E-state index contributed by atoms with van der Waals surface area (Å²) < 4.78 is 11.3. The zero-order valence-electron chi connectivity index (χ0n) is 19.4. The summed E-state index contributed by atoms with van der Waals surface area (Å²) in [5.74, 6) is 0.896. The average molecular weight is 566 g/mol. The van der Waals surface area contributed by atoms with Crippen molar-refractivity contribution in [1.82, 2.24) is 20.4 Å². The van der Waals surface area contributed by atoms with E-state index >= 15 is 0 Å². The number of morpholine rings is 2. The molecule has 0 amide bonds. The fourth-order valence-corrected chi connectivity index (χ4v) is 5.14. The van der Waals surface area contributed by atoms with Crippen LogP contribution in [0.2, 0.25) is 0 Å². The Morgan fingerprint density at radius 1 is 1.29 bits per heavy atom. The van der Waals surface area contributed by atoms with E-state index in [2.05, 4.69) is 65.6 Å². The van der Waals surface area contributed by atoms with Crippen LogP contribution in [0.5, 0.6) is 0 Å². The Morgan fingerprint density at radius 3 is 2.81 bits per heavy atom. The first kappa shape index (κ1) is 26.8. The lowest BCUT2D eigenvalue weighted by atomic mass is 10.1. The van der Waals surface area contributed by atoms with Gasteiger partial charge >= 0.3 is 0 Å². The first-order valence-corrected chi connectivity index (χ1v) is 12.2. The van der Waals surface area contributed by atoms with Crippen LogP contribution in [-0.2, 0) is 9.47 Å². The zero-order valence-corrected chi connectivity index (χ0v) is 22.5. The third-order valence-corrected chi connectivity index (χ3v) is 6.86. The number of thiophene rings is 1. The molecular formula is C22H40IN5O2S. The number of halogens is 1. The monoisotopic (exact) mass is 565 g/mol. The van der Waals surface area contributed by atoms with Gasteiger partial charge in [0.2, 0.25) is 0 Å². The van der Waals surface area contributed by atoms with Gasteiger partial charge in [-0.3, -0.25) is 14.8 Å². The molecule has 0 radical (unpaired) electrons. The van der Waals surface area contributed by atoms with Crippen molar-refractivity contribution in [2.24, 2.45) is 4.99 Å². The summed E-state index contributed by atoms with van der Waals surface area (Å²) in [7, 11) is 0. The molecule has 2 aliphatic rings. The third-order valence-electron chi connectivity index (χ3n) is 5.89. The molecule has 0 aromatic carbocycles. The molecule has 2 saturated heterocycles. The Kier molecular flexibility index (Phi) is 12.1. The molecule has 2 N–H and O–H groups in total. The lowest BCUT2D eigenvalue weighted by Crippen LogP contribution is -2.50. The molecule has 1 aromatic heterocycles. The standard InChI is InChI=1S/C22H39N5O2S.HI/c1-5-23-22(24-13-17(2)27-9-10-28-16-18(27)3)25-14-20(21-7-6-12-30-21)26-8-11-29-19(4)15-26;/h6-7,12,17-20H,5,8-11,13-16H2,1-4H3,(H2,23,24,25);1H. The average Bonchev–Trinajstić information content (AvgIpc) is 3.27. The molecule has 4 unspecified atom stereocenters. The molecule has 1 aromatic rings. The van der Waals surface area contributed by atoms with Crippen molar-refractivity contribution in [2.45, 2.75) is 51.9 Å². The van der Waals surface area contributed by atoms with Gasteiger partial charge in [0, 0.05) is 49.7 Å². The van der Waals surface area contributed by atoms with E-state index < -0.39 is 0 Å². The van der Waals surface area contributed by atoms with Gasteiger partial charge in [-0.15, -0.1) is 35.3 Å². The molecule has 0 saturated carbocycles. The van der Waals surface area contributed by atoms with E-state index in [0.29, 0.717) is 18.1 Å². The molecule has 3 rings (SSSR count). The van der Waals surface area contributed by atoms with E-state index in [9.17, 15) is 0 Å². The van der Waals surface area contributed by atoms with Crippen LogP contribution in [0.15, 0.2) is 22.5 Å². The maximum atomic E-state index is 5.76. The highest BCUT2D eigenvalue weighted by atomic mass is 127. The number of rotatable bonds is 8. The van der Waals surface area contributed by atoms with Crippen molar-refractivity contribution in [2.75, 3.05) is 59.1 Å². The van der Waals surface area contributed by atoms with E-state index in [-0.39, 0.29) is 30.1 Å². The highest BCUT2D eigenvalue weighted by Gasteiger charge is 2.27. The first-order chi connectivity index (χ1) is 14.6. The highest BCUT2D eigenvalue weighted by Crippen LogP contribution is 2.26. The summed E-state index contributed by atoms with van der Waals surface area (Å²) in [6.07, 6.45) is 0.277. The molecule has 2 aliphatic heterocycles. The van der Waals surface area contributed by atoms with Crippen LogP contribution in [0.4, 0.5) is 0 Å². The van der Waals surface area contributed by atoms with Crippen LogP contribution in [-0.4, -0.2) is 93.0 Å². The number of aliphatic imine (C=N–C) groups is 1. The summed E-state index contributed by atoms with van der Waals surface area (Å²) in [5, 5.41) is 9.19. The Hall–Kier alpha value is -0.460. The maximum Gasteiger partial charge on any atom is 0.191 e. The van der Waals surface area contributed by atoms with E-state index in [4.69, 9.17) is 14.5 Å². The Labute approximate surface area is 209 Å². The normalized spacial score (nSPS) is 25.5. The van der Waals surface area contributed by atoms with Gasteiger partial charge in [-0.2, -0.15) is 0 Å². The minimum absolute atomic E-state index is 0. The molecule has 7 nitrogen and oxygen atoms in total. The SMILES string of the molecule is CCNC(=NCC(C)N1CCOCC1C)NCC(c1cccs1)N1CCOC(C)C1.I. The van der Waals surface area contributed by atoms with Gasteiger partial charge in [0.25, 0.3) is 0 Å². The topological polar surface area (TPSA) is 61.4 Å². The number of guanidine groups is 1. The number of nitrogens with zero attached hydrogens (tertiary/aromatic N) is 3. The van der Waals surface area contributed by atoms with Gasteiger partial charge in [-0.25, -0.2) is 0 Å². The number of ether oxygens (including phenoxy) is 2. The molecule has 31 heavy (non-hydrogen) atoms. The van der Waals surface area contributed by atoms with Gasteiger partial charge in [-0.05, 0) is 39.1 Å². The van der Waals surface area contributed by atoms with Crippen LogP contribution in [0.3, 0.4) is 0 Å². The van der Waals surface area contributed by atoms with Gasteiger partial charge in [-0.1, -0.05) is 6.07 Å². The zero-order chi connectivity index (χ0) is 21.3. The number of hydrogen-bond acceptors (Lipinski definition) is 6. The lowest BCUT2D eigenvalue weighted by Gasteiger charge is -2.37. The van der Waals surface area contributed by atoms with E-state index in [0.717, 1.165) is 65.0 Å². The fourth-order valence-electron chi connectivity index (χ4n) is 4.28. The van der Waals surface area contributed by atoms with Crippen LogP contribution < -0.4 is 10.6 Å². The minimum Gasteiger partial charge on any atom is -0.379 e. The Balaban J connectivity index is 0.00000341. The second-order valence-electron chi connectivity index (χ2n) is 8.32. The van der Waals surface area contributed by atoms with E-state index in [1.807, 2.05) is 11.3 Å². The van der Waals surface area contributed by atoms with Crippen LogP contribution in [0, 0.1) is 0 Å². The Bertz CT molecular complexity index is 648. The largest absolute Gasteiger partial charge is 0.379 e. The maximum absolute atomic E-state index is 5.76. The summed E-state index contributed by atoms with van der Waals surface area (Å²) in [4.78, 5) is 11.3. The predicted octanol–water partition coefficient (Wildman–Crippen LogP) is 2.79. The summed E-state index contributed by atoms with van der Waals surface area (Å²) in [6.45, 7) is 16.6. The molecule has 0 aliphatic carbocycles. The van der Waals surface area contributed by atoms with E-state index in [1.54, 1.807) is 0 Å². The molecule has 178 valence electrons. The predicted molar refractivity (Wildman–Crippen MR) is 140 cm³/mol. The molecular weight excluding hydrogens is 525 g/mol. The van der Waals surface area contributed by atoms with Gasteiger partial charge in [0.15, 0.2) is 5.96 Å². The van der Waals surface area contributed by atoms with E-state index in [1.165, 1.54) is 4.88 Å². The van der Waals surface area contributed by atoms with Crippen molar-refractivity contribution in [1.29, 1.82) is 0 Å². The third kappa shape index (κ3) is 8.12. The summed E-state index contributed by atoms with van der Waals surface area (Å²) >= 11 is 1.83. The molecule has 0 spiro atoms. The smallest absolute Gasteiger partial charge is 0.191 e. The quantitative estimate of drug-likeness (QED) is 0.287. The second-order valence-corrected chi connectivity index (χ2v) is 9.30. The molecule has 3 heterocycles. The molecule has 2 fully saturated rings. The van der Waals surface area contributed by atoms with Gasteiger partial charge in [0.05, 0.1) is 38.5 Å². The summed E-state index contributed by atoms with van der Waals surface area (Å²) in [6, 6.07) is 5.56. The van der Waals surface area contributed by atoms with Crippen molar-refractivity contribution < 1.29 is 9.47 Å². The minimum atomic E-state index is 0. The van der Waals surface area contributed by atoms with Crippen LogP contribution in [0.1, 0.15) is 38.6 Å². The summed E-state index contributed by atoms with van der Waals surface area (Å²) in [5.41, 5.74) is 0. The fraction of sp³-hybridized carbons (Fsp3) is 0.773. The van der Waals surface area contributed by atoms with Crippen molar-refractivity contribution >= 4 is 41.3 Å². The van der Waals surface area contributed by atoms with Gasteiger partial charge in [0.1, 0.15) is 0 Å². The molecule has 9 heteroatoms. The van der Waals surface area contributed by atoms with Crippen molar-refractivity contribution in [3.63, 3.8) is 0 Å². The van der Waals surface area contributed by atoms with Gasteiger partial charge < -0.3 is 20.1 Å². The number of hydrogen-bond donors (Lipinski definition) is 2. The molecule has 4 atom stereocenters. The van der Waals surface area contributed by atoms with Crippen molar-refractivity contribution in [3.8, 4) is 0 Å². The molecule has 0 bridgehead atoms. The van der Waals surface area contributed by atoms with Crippen LogP contribution >= 0.6 is 35.3 Å². The second kappa shape index (κ2) is 13.9.